The van der Waals surface area contributed by atoms with E-state index in [2.05, 4.69) is 39.6 Å². The highest BCUT2D eigenvalue weighted by atomic mass is 15.4. The standard InChI is InChI=1S/C8H18N2/c1-7-6-10(4,5)8(2)9(7)3/h7H,6H2,1-5H3/q+2. The molecule has 0 saturated heterocycles. The summed E-state index contributed by atoms with van der Waals surface area (Å²) >= 11 is 0. The molecule has 1 heterocycles. The first kappa shape index (κ1) is 7.73. The van der Waals surface area contributed by atoms with Crippen LogP contribution in [0.2, 0.25) is 0 Å². The van der Waals surface area contributed by atoms with Gasteiger partial charge in [0.1, 0.15) is 13.6 Å². The van der Waals surface area contributed by atoms with Crippen molar-refractivity contribution in [3.05, 3.63) is 0 Å². The maximum atomic E-state index is 2.36. The van der Waals surface area contributed by atoms with Gasteiger partial charge in [-0.1, -0.05) is 0 Å². The minimum Gasteiger partial charge on any atom is -0.240 e. The molecule has 1 atom stereocenters. The van der Waals surface area contributed by atoms with Crippen LogP contribution in [0, 0.1) is 0 Å². The van der Waals surface area contributed by atoms with Crippen molar-refractivity contribution in [3.63, 3.8) is 0 Å². The molecule has 2 nitrogen and oxygen atoms in total. The van der Waals surface area contributed by atoms with E-state index in [4.69, 9.17) is 0 Å². The van der Waals surface area contributed by atoms with Crippen molar-refractivity contribution < 1.29 is 9.06 Å². The molecule has 0 bridgehead atoms. The first-order valence-corrected chi connectivity index (χ1v) is 3.85. The van der Waals surface area contributed by atoms with Crippen molar-refractivity contribution in [1.82, 2.24) is 0 Å². The van der Waals surface area contributed by atoms with Gasteiger partial charge in [-0.15, -0.1) is 0 Å². The first-order valence-electron chi connectivity index (χ1n) is 3.85. The number of hydrogen-bond acceptors (Lipinski definition) is 0. The van der Waals surface area contributed by atoms with Crippen LogP contribution in [0.4, 0.5) is 0 Å². The van der Waals surface area contributed by atoms with E-state index < -0.39 is 0 Å². The molecule has 0 aromatic heterocycles. The molecule has 0 saturated carbocycles. The third-order valence-electron chi connectivity index (χ3n) is 2.77. The van der Waals surface area contributed by atoms with Gasteiger partial charge in [-0.2, -0.15) is 4.58 Å². The summed E-state index contributed by atoms with van der Waals surface area (Å²) < 4.78 is 3.41. The Morgan fingerprint density at radius 3 is 2.10 bits per heavy atom. The normalized spacial score (nSPS) is 31.5. The van der Waals surface area contributed by atoms with Gasteiger partial charge in [0.05, 0.1) is 21.0 Å². The zero-order valence-electron chi connectivity index (χ0n) is 7.68. The second-order valence-electron chi connectivity index (χ2n) is 3.87. The van der Waals surface area contributed by atoms with Crippen LogP contribution in [0.15, 0.2) is 0 Å². The summed E-state index contributed by atoms with van der Waals surface area (Å²) in [5.74, 6) is 1.47. The lowest BCUT2D eigenvalue weighted by Gasteiger charge is -2.17. The molecule has 0 aromatic carbocycles. The number of amidine groups is 1. The monoisotopic (exact) mass is 142 g/mol. The maximum Gasteiger partial charge on any atom is 0.334 e. The number of rotatable bonds is 0. The van der Waals surface area contributed by atoms with E-state index in [1.54, 1.807) is 0 Å². The van der Waals surface area contributed by atoms with Crippen molar-refractivity contribution in [3.8, 4) is 0 Å². The summed E-state index contributed by atoms with van der Waals surface area (Å²) in [5, 5.41) is 0. The van der Waals surface area contributed by atoms with Crippen LogP contribution in [0.3, 0.4) is 0 Å². The van der Waals surface area contributed by atoms with E-state index in [-0.39, 0.29) is 0 Å². The quantitative estimate of drug-likeness (QED) is 0.343. The second-order valence-corrected chi connectivity index (χ2v) is 3.87. The lowest BCUT2D eigenvalue weighted by Crippen LogP contribution is -2.42. The van der Waals surface area contributed by atoms with Crippen molar-refractivity contribution in [2.75, 3.05) is 27.7 Å². The zero-order valence-corrected chi connectivity index (χ0v) is 7.68. The number of nitrogens with zero attached hydrogens (tertiary/aromatic N) is 2. The van der Waals surface area contributed by atoms with Gasteiger partial charge in [-0.3, -0.25) is 0 Å². The van der Waals surface area contributed by atoms with Gasteiger partial charge in [0, 0.05) is 6.92 Å². The third-order valence-corrected chi connectivity index (χ3v) is 2.77. The highest BCUT2D eigenvalue weighted by Crippen LogP contribution is 2.11. The highest BCUT2D eigenvalue weighted by molar-refractivity contribution is 5.67. The van der Waals surface area contributed by atoms with Gasteiger partial charge in [0.15, 0.2) is 0 Å². The molecule has 0 N–H and O–H groups in total. The van der Waals surface area contributed by atoms with Gasteiger partial charge >= 0.3 is 5.84 Å². The van der Waals surface area contributed by atoms with Gasteiger partial charge in [0.2, 0.25) is 6.04 Å². The molecule has 10 heavy (non-hydrogen) atoms. The van der Waals surface area contributed by atoms with E-state index in [0.717, 1.165) is 4.48 Å². The Bertz CT molecular complexity index is 180. The molecule has 0 fully saturated rings. The van der Waals surface area contributed by atoms with Gasteiger partial charge in [-0.05, 0) is 0 Å². The molecule has 0 aromatic rings. The molecule has 1 rings (SSSR count). The Labute approximate surface area is 63.4 Å². The average molecular weight is 142 g/mol. The van der Waals surface area contributed by atoms with E-state index in [1.165, 1.54) is 12.4 Å². The van der Waals surface area contributed by atoms with Gasteiger partial charge in [-0.25, -0.2) is 4.48 Å². The fourth-order valence-corrected chi connectivity index (χ4v) is 1.66. The highest BCUT2D eigenvalue weighted by Gasteiger charge is 2.40. The minimum absolute atomic E-state index is 0.704. The predicted octanol–water partition coefficient (Wildman–Crippen LogP) is 0.526. The maximum absolute atomic E-state index is 2.36. The smallest absolute Gasteiger partial charge is 0.240 e. The summed E-state index contributed by atoms with van der Waals surface area (Å²) in [6.07, 6.45) is 0. The van der Waals surface area contributed by atoms with Crippen LogP contribution in [0.25, 0.3) is 0 Å². The Hall–Kier alpha value is -0.370. The Balaban J connectivity index is 2.95. The molecular formula is C8H18N2+2. The molecule has 0 radical (unpaired) electrons. The molecule has 1 aliphatic heterocycles. The van der Waals surface area contributed by atoms with Crippen molar-refractivity contribution in [2.45, 2.75) is 19.9 Å². The van der Waals surface area contributed by atoms with E-state index in [0.29, 0.717) is 6.04 Å². The Kier molecular flexibility index (Phi) is 1.59. The molecular weight excluding hydrogens is 124 g/mol. The number of hydrogen-bond donors (Lipinski definition) is 0. The van der Waals surface area contributed by atoms with Crippen molar-refractivity contribution in [1.29, 1.82) is 0 Å². The Morgan fingerprint density at radius 1 is 1.50 bits per heavy atom. The third kappa shape index (κ3) is 0.966. The van der Waals surface area contributed by atoms with Crippen LogP contribution < -0.4 is 0 Å². The van der Waals surface area contributed by atoms with E-state index >= 15 is 0 Å². The predicted molar refractivity (Wildman–Crippen MR) is 43.3 cm³/mol. The molecule has 1 aliphatic rings. The second kappa shape index (κ2) is 2.06. The molecule has 0 aliphatic carbocycles. The molecule has 1 unspecified atom stereocenters. The SMILES string of the molecule is CC1=[N+](C)C(C)C[N+]1(C)C. The van der Waals surface area contributed by atoms with Crippen molar-refractivity contribution in [2.24, 2.45) is 0 Å². The van der Waals surface area contributed by atoms with Crippen LogP contribution in [0.5, 0.6) is 0 Å². The lowest BCUT2D eigenvalue weighted by molar-refractivity contribution is -0.796. The van der Waals surface area contributed by atoms with Gasteiger partial charge in [0.25, 0.3) is 0 Å². The van der Waals surface area contributed by atoms with Crippen LogP contribution in [0.1, 0.15) is 13.8 Å². The average Bonchev–Trinajstić information content (AvgIpc) is 1.95. The van der Waals surface area contributed by atoms with Crippen molar-refractivity contribution >= 4 is 5.84 Å². The largest absolute Gasteiger partial charge is 0.334 e. The van der Waals surface area contributed by atoms with Crippen LogP contribution in [-0.2, 0) is 0 Å². The molecule has 58 valence electrons. The number of quaternary nitrogens is 1. The van der Waals surface area contributed by atoms with Gasteiger partial charge < -0.3 is 0 Å². The molecule has 0 amide bonds. The fourth-order valence-electron chi connectivity index (χ4n) is 1.66. The van der Waals surface area contributed by atoms with Crippen LogP contribution in [-0.4, -0.2) is 48.6 Å². The summed E-state index contributed by atoms with van der Waals surface area (Å²) in [4.78, 5) is 0. The van der Waals surface area contributed by atoms with E-state index in [1.807, 2.05) is 0 Å². The topological polar surface area (TPSA) is 3.01 Å². The summed E-state index contributed by atoms with van der Waals surface area (Å²) in [5.41, 5.74) is 0. The number of likely N-dealkylation sites (N-methyl/N-ethyl adjacent to an activating group) is 2. The lowest BCUT2D eigenvalue weighted by atomic mass is 10.3. The van der Waals surface area contributed by atoms with E-state index in [9.17, 15) is 0 Å². The molecule has 2 heteroatoms. The minimum atomic E-state index is 0.704. The summed E-state index contributed by atoms with van der Waals surface area (Å²) in [6, 6.07) is 0.704. The fraction of sp³-hybridized carbons (Fsp3) is 0.875. The first-order chi connectivity index (χ1) is 4.45. The summed E-state index contributed by atoms with van der Waals surface area (Å²) in [7, 11) is 6.69. The molecule has 0 spiro atoms. The Morgan fingerprint density at radius 2 is 2.00 bits per heavy atom. The zero-order chi connectivity index (χ0) is 7.94. The summed E-state index contributed by atoms with van der Waals surface area (Å²) in [6.45, 7) is 5.72. The van der Waals surface area contributed by atoms with Crippen LogP contribution >= 0.6 is 0 Å².